The fourth-order valence-electron chi connectivity index (χ4n) is 2.05. The van der Waals surface area contributed by atoms with E-state index in [4.69, 9.17) is 0 Å². The minimum Gasteiger partial charge on any atom is -0.325 e. The van der Waals surface area contributed by atoms with E-state index in [0.717, 1.165) is 5.56 Å². The highest BCUT2D eigenvalue weighted by molar-refractivity contribution is 8.01. The summed E-state index contributed by atoms with van der Waals surface area (Å²) < 4.78 is 0. The lowest BCUT2D eigenvalue weighted by Crippen LogP contribution is -2.25. The van der Waals surface area contributed by atoms with Crippen LogP contribution in [-0.4, -0.2) is 27.7 Å². The lowest BCUT2D eigenvalue weighted by atomic mass is 10.2. The number of non-ortho nitro benzene ring substituents is 1. The molecule has 2 aromatic rings. The first-order valence-corrected chi connectivity index (χ1v) is 8.93. The van der Waals surface area contributed by atoms with Gasteiger partial charge in [0.2, 0.25) is 11.8 Å². The van der Waals surface area contributed by atoms with Crippen LogP contribution >= 0.6 is 11.8 Å². The number of nitrogens with one attached hydrogen (secondary N) is 2. The summed E-state index contributed by atoms with van der Waals surface area (Å²) in [6.45, 7) is 3.64. The van der Waals surface area contributed by atoms with Crippen LogP contribution in [0.1, 0.15) is 12.5 Å². The smallest absolute Gasteiger partial charge is 0.271 e. The number of nitrogens with zero attached hydrogens (tertiary/aromatic N) is 1. The van der Waals surface area contributed by atoms with Crippen LogP contribution in [0.4, 0.5) is 17.1 Å². The second-order valence-corrected chi connectivity index (χ2v) is 6.99. The second-order valence-electron chi connectivity index (χ2n) is 5.66. The summed E-state index contributed by atoms with van der Waals surface area (Å²) in [6.07, 6.45) is 0. The van der Waals surface area contributed by atoms with Crippen molar-refractivity contribution in [3.8, 4) is 0 Å². The Hall–Kier alpha value is -2.87. The average molecular weight is 373 g/mol. The molecule has 0 saturated heterocycles. The molecule has 1 atom stereocenters. The first kappa shape index (κ1) is 19.5. The van der Waals surface area contributed by atoms with Gasteiger partial charge in [-0.25, -0.2) is 0 Å². The molecule has 2 amide bonds. The molecule has 136 valence electrons. The Balaban J connectivity index is 1.83. The normalized spacial score (nSPS) is 11.5. The van der Waals surface area contributed by atoms with Gasteiger partial charge in [0, 0.05) is 23.5 Å². The van der Waals surface area contributed by atoms with Gasteiger partial charge in [0.05, 0.1) is 15.9 Å². The molecule has 0 aliphatic carbocycles. The first-order chi connectivity index (χ1) is 12.3. The van der Waals surface area contributed by atoms with E-state index in [2.05, 4.69) is 10.6 Å². The topological polar surface area (TPSA) is 101 Å². The SMILES string of the molecule is Cc1ccc(NC(=O)CSC(C)C(=O)Nc2cccc([N+](=O)[O-])c2)cc1. The third kappa shape index (κ3) is 5.89. The highest BCUT2D eigenvalue weighted by atomic mass is 32.2. The second kappa shape index (κ2) is 9.00. The van der Waals surface area contributed by atoms with Crippen molar-refractivity contribution < 1.29 is 14.5 Å². The zero-order valence-corrected chi connectivity index (χ0v) is 15.2. The summed E-state index contributed by atoms with van der Waals surface area (Å²) in [5, 5.41) is 15.7. The van der Waals surface area contributed by atoms with E-state index >= 15 is 0 Å². The fraction of sp³-hybridized carbons (Fsp3) is 0.222. The van der Waals surface area contributed by atoms with Gasteiger partial charge in [0.25, 0.3) is 5.69 Å². The molecule has 0 saturated carbocycles. The molecule has 0 aliphatic heterocycles. The maximum atomic E-state index is 12.2. The van der Waals surface area contributed by atoms with Crippen LogP contribution in [0.5, 0.6) is 0 Å². The Morgan fingerprint density at radius 2 is 1.81 bits per heavy atom. The summed E-state index contributed by atoms with van der Waals surface area (Å²) in [5.74, 6) is -0.398. The third-order valence-corrected chi connectivity index (χ3v) is 4.64. The predicted molar refractivity (Wildman–Crippen MR) is 103 cm³/mol. The highest BCUT2D eigenvalue weighted by Crippen LogP contribution is 2.19. The standard InChI is InChI=1S/C18H19N3O4S/c1-12-6-8-14(9-7-12)19-17(22)11-26-13(2)18(23)20-15-4-3-5-16(10-15)21(24)25/h3-10,13H,11H2,1-2H3,(H,19,22)(H,20,23). The van der Waals surface area contributed by atoms with Gasteiger partial charge in [-0.1, -0.05) is 23.8 Å². The van der Waals surface area contributed by atoms with Crippen LogP contribution in [0.15, 0.2) is 48.5 Å². The maximum absolute atomic E-state index is 12.2. The molecule has 0 radical (unpaired) electrons. The number of nitro groups is 1. The molecule has 8 heteroatoms. The lowest BCUT2D eigenvalue weighted by Gasteiger charge is -2.12. The van der Waals surface area contributed by atoms with E-state index in [1.165, 1.54) is 30.0 Å². The van der Waals surface area contributed by atoms with Crippen molar-refractivity contribution >= 4 is 40.6 Å². The lowest BCUT2D eigenvalue weighted by molar-refractivity contribution is -0.384. The molecule has 26 heavy (non-hydrogen) atoms. The van der Waals surface area contributed by atoms with Gasteiger partial charge >= 0.3 is 0 Å². The number of anilines is 2. The van der Waals surface area contributed by atoms with E-state index in [0.29, 0.717) is 11.4 Å². The summed E-state index contributed by atoms with van der Waals surface area (Å²) in [6, 6.07) is 13.2. The van der Waals surface area contributed by atoms with Crippen molar-refractivity contribution in [2.45, 2.75) is 19.1 Å². The minimum absolute atomic E-state index is 0.0967. The zero-order valence-electron chi connectivity index (χ0n) is 14.4. The Morgan fingerprint density at radius 3 is 2.46 bits per heavy atom. The maximum Gasteiger partial charge on any atom is 0.271 e. The number of nitro benzene ring substituents is 1. The van der Waals surface area contributed by atoms with Gasteiger partial charge in [-0.3, -0.25) is 19.7 Å². The van der Waals surface area contributed by atoms with Gasteiger partial charge in [-0.15, -0.1) is 11.8 Å². The van der Waals surface area contributed by atoms with Crippen LogP contribution in [0.2, 0.25) is 0 Å². The predicted octanol–water partition coefficient (Wildman–Crippen LogP) is 3.60. The summed E-state index contributed by atoms with van der Waals surface area (Å²) in [5.41, 5.74) is 2.06. The van der Waals surface area contributed by atoms with E-state index in [1.807, 2.05) is 31.2 Å². The van der Waals surface area contributed by atoms with Crippen molar-refractivity contribution in [3.05, 3.63) is 64.2 Å². The number of aryl methyl sites for hydroxylation is 1. The van der Waals surface area contributed by atoms with Gasteiger partial charge in [-0.2, -0.15) is 0 Å². The van der Waals surface area contributed by atoms with Crippen molar-refractivity contribution in [2.24, 2.45) is 0 Å². The molecule has 1 unspecified atom stereocenters. The number of carbonyl (C=O) groups is 2. The minimum atomic E-state index is -0.525. The van der Waals surface area contributed by atoms with Crippen molar-refractivity contribution in [3.63, 3.8) is 0 Å². The van der Waals surface area contributed by atoms with Gasteiger partial charge < -0.3 is 10.6 Å². The van der Waals surface area contributed by atoms with Crippen LogP contribution in [-0.2, 0) is 9.59 Å². The monoisotopic (exact) mass is 373 g/mol. The van der Waals surface area contributed by atoms with Crippen molar-refractivity contribution in [1.29, 1.82) is 0 Å². The van der Waals surface area contributed by atoms with Gasteiger partial charge in [-0.05, 0) is 32.0 Å². The van der Waals surface area contributed by atoms with Gasteiger partial charge in [0.1, 0.15) is 0 Å². The Morgan fingerprint density at radius 1 is 1.12 bits per heavy atom. The van der Waals surface area contributed by atoms with E-state index in [9.17, 15) is 19.7 Å². The number of hydrogen-bond donors (Lipinski definition) is 2. The summed E-state index contributed by atoms with van der Waals surface area (Å²) in [7, 11) is 0. The molecule has 0 fully saturated rings. The molecule has 0 aliphatic rings. The molecule has 2 rings (SSSR count). The van der Waals surface area contributed by atoms with E-state index < -0.39 is 10.2 Å². The van der Waals surface area contributed by atoms with Crippen molar-refractivity contribution in [1.82, 2.24) is 0 Å². The first-order valence-electron chi connectivity index (χ1n) is 7.88. The number of carbonyl (C=O) groups excluding carboxylic acids is 2. The third-order valence-electron chi connectivity index (χ3n) is 3.49. The molecule has 0 bridgehead atoms. The average Bonchev–Trinajstić information content (AvgIpc) is 2.61. The van der Waals surface area contributed by atoms with E-state index in [-0.39, 0.29) is 23.3 Å². The molecular formula is C18H19N3O4S. The molecular weight excluding hydrogens is 354 g/mol. The van der Waals surface area contributed by atoms with Crippen LogP contribution in [0, 0.1) is 17.0 Å². The number of rotatable bonds is 7. The Kier molecular flexibility index (Phi) is 6.74. The number of hydrogen-bond acceptors (Lipinski definition) is 5. The van der Waals surface area contributed by atoms with E-state index in [1.54, 1.807) is 13.0 Å². The molecule has 0 heterocycles. The van der Waals surface area contributed by atoms with Crippen LogP contribution in [0.3, 0.4) is 0 Å². The highest BCUT2D eigenvalue weighted by Gasteiger charge is 2.16. The molecule has 0 spiro atoms. The zero-order chi connectivity index (χ0) is 19.1. The summed E-state index contributed by atoms with van der Waals surface area (Å²) >= 11 is 1.19. The van der Waals surface area contributed by atoms with Crippen molar-refractivity contribution in [2.75, 3.05) is 16.4 Å². The van der Waals surface area contributed by atoms with Gasteiger partial charge in [0.15, 0.2) is 0 Å². The van der Waals surface area contributed by atoms with Crippen LogP contribution in [0.25, 0.3) is 0 Å². The number of amides is 2. The molecule has 2 N–H and O–H groups in total. The quantitative estimate of drug-likeness (QED) is 0.570. The largest absolute Gasteiger partial charge is 0.325 e. The number of thioether (sulfide) groups is 1. The molecule has 0 aromatic heterocycles. The Bertz CT molecular complexity index is 808. The summed E-state index contributed by atoms with van der Waals surface area (Å²) in [4.78, 5) is 34.4. The Labute approximate surface area is 155 Å². The van der Waals surface area contributed by atoms with Crippen LogP contribution < -0.4 is 10.6 Å². The fourth-order valence-corrected chi connectivity index (χ4v) is 2.74. The molecule has 2 aromatic carbocycles. The molecule has 7 nitrogen and oxygen atoms in total. The number of benzene rings is 2.